The van der Waals surface area contributed by atoms with Gasteiger partial charge in [-0.3, -0.25) is 19.2 Å². The van der Waals surface area contributed by atoms with Gasteiger partial charge in [-0.15, -0.1) is 22.7 Å². The van der Waals surface area contributed by atoms with Crippen LogP contribution >= 0.6 is 22.7 Å². The molecule has 0 aliphatic carbocycles. The van der Waals surface area contributed by atoms with Crippen molar-refractivity contribution in [2.75, 3.05) is 9.80 Å². The quantitative estimate of drug-likeness (QED) is 0.157. The topological polar surface area (TPSA) is 74.8 Å². The number of thiophene rings is 2. The summed E-state index contributed by atoms with van der Waals surface area (Å²) in [6.07, 6.45) is 0. The summed E-state index contributed by atoms with van der Waals surface area (Å²) in [6.45, 7) is 16.7. The van der Waals surface area contributed by atoms with Crippen LogP contribution in [-0.2, 0) is 0 Å². The first-order chi connectivity index (χ1) is 27.8. The molecule has 0 unspecified atom stereocenters. The molecule has 288 valence electrons. The lowest BCUT2D eigenvalue weighted by Crippen LogP contribution is -2.44. The number of carbonyl (C=O) groups excluding carboxylic acids is 4. The Hall–Kier alpha value is -5.70. The number of imide groups is 2. The molecule has 8 heteroatoms. The number of rotatable bonds is 6. The molecule has 0 atom stereocenters. The molecule has 6 aromatic carbocycles. The van der Waals surface area contributed by atoms with Gasteiger partial charge < -0.3 is 0 Å². The molecule has 0 saturated carbocycles. The SMILES string of the molecule is CC(C)c1ccc(C(C)C)c(N2C(=O)c3c4sc5ccccc5c4c4c5c(c6sc7ccccc7c6c(c35)C2=O)C(=O)N(c2c(C(C)C)cccc2C(C)C)C4=O)c1. The maximum absolute atomic E-state index is 15.8. The Kier molecular flexibility index (Phi) is 8.15. The van der Waals surface area contributed by atoms with Gasteiger partial charge in [-0.25, -0.2) is 9.80 Å². The molecule has 0 fully saturated rings. The molecule has 6 nitrogen and oxygen atoms in total. The minimum Gasteiger partial charge on any atom is -0.268 e. The zero-order valence-corrected chi connectivity index (χ0v) is 35.4. The lowest BCUT2D eigenvalue weighted by atomic mass is 9.80. The van der Waals surface area contributed by atoms with Crippen LogP contribution in [0.5, 0.6) is 0 Å². The van der Waals surface area contributed by atoms with E-state index in [2.05, 4.69) is 61.5 Å². The molecule has 4 amide bonds. The van der Waals surface area contributed by atoms with Crippen molar-refractivity contribution in [1.82, 2.24) is 0 Å². The lowest BCUT2D eigenvalue weighted by Gasteiger charge is -2.36. The number of para-hydroxylation sites is 1. The maximum Gasteiger partial charge on any atom is 0.267 e. The summed E-state index contributed by atoms with van der Waals surface area (Å²) in [5.41, 5.74) is 6.40. The third kappa shape index (κ3) is 4.82. The van der Waals surface area contributed by atoms with Crippen LogP contribution in [-0.4, -0.2) is 23.6 Å². The molecule has 0 radical (unpaired) electrons. The van der Waals surface area contributed by atoms with Crippen molar-refractivity contribution in [2.45, 2.75) is 79.1 Å². The Bertz CT molecular complexity index is 3150. The highest BCUT2D eigenvalue weighted by molar-refractivity contribution is 7.27. The van der Waals surface area contributed by atoms with E-state index in [-0.39, 0.29) is 23.7 Å². The van der Waals surface area contributed by atoms with Gasteiger partial charge in [-0.1, -0.05) is 122 Å². The summed E-state index contributed by atoms with van der Waals surface area (Å²) < 4.78 is 3.12. The largest absolute Gasteiger partial charge is 0.268 e. The maximum atomic E-state index is 15.8. The van der Waals surface area contributed by atoms with Crippen molar-refractivity contribution in [2.24, 2.45) is 0 Å². The monoisotopic (exact) mass is 798 g/mol. The fourth-order valence-electron chi connectivity index (χ4n) is 9.43. The number of benzene rings is 6. The predicted molar refractivity (Wildman–Crippen MR) is 241 cm³/mol. The Morgan fingerprint density at radius 2 is 0.879 bits per heavy atom. The highest BCUT2D eigenvalue weighted by Crippen LogP contribution is 2.55. The molecule has 0 N–H and O–H groups in total. The molecule has 0 bridgehead atoms. The second-order valence-corrected chi connectivity index (χ2v) is 19.1. The molecule has 10 rings (SSSR count). The van der Waals surface area contributed by atoms with Crippen LogP contribution in [0.4, 0.5) is 11.4 Å². The van der Waals surface area contributed by atoms with Crippen LogP contribution in [0.15, 0.2) is 84.9 Å². The van der Waals surface area contributed by atoms with Crippen molar-refractivity contribution in [3.8, 4) is 0 Å². The summed E-state index contributed by atoms with van der Waals surface area (Å²) in [4.78, 5) is 65.6. The third-order valence-electron chi connectivity index (χ3n) is 12.2. The fourth-order valence-corrected chi connectivity index (χ4v) is 11.9. The highest BCUT2D eigenvalue weighted by atomic mass is 32.1. The normalized spacial score (nSPS) is 14.6. The van der Waals surface area contributed by atoms with Crippen molar-refractivity contribution in [3.05, 3.63) is 129 Å². The molecule has 58 heavy (non-hydrogen) atoms. The second-order valence-electron chi connectivity index (χ2n) is 17.0. The zero-order valence-electron chi connectivity index (χ0n) is 33.7. The van der Waals surface area contributed by atoms with Crippen LogP contribution in [0.2, 0.25) is 0 Å². The molecule has 2 aliphatic rings. The Morgan fingerprint density at radius 3 is 1.36 bits per heavy atom. The minimum absolute atomic E-state index is 0.0172. The van der Waals surface area contributed by atoms with E-state index >= 15 is 19.2 Å². The van der Waals surface area contributed by atoms with Crippen LogP contribution in [0.3, 0.4) is 0 Å². The number of anilines is 2. The first-order valence-corrected chi connectivity index (χ1v) is 21.8. The van der Waals surface area contributed by atoms with Gasteiger partial charge in [0.2, 0.25) is 0 Å². The van der Waals surface area contributed by atoms with Crippen molar-refractivity contribution in [1.29, 1.82) is 0 Å². The smallest absolute Gasteiger partial charge is 0.267 e. The van der Waals surface area contributed by atoms with Gasteiger partial charge >= 0.3 is 0 Å². The third-order valence-corrected chi connectivity index (χ3v) is 14.6. The van der Waals surface area contributed by atoms with Crippen LogP contribution in [0, 0.1) is 0 Å². The number of hydrogen-bond donors (Lipinski definition) is 0. The zero-order chi connectivity index (χ0) is 40.6. The molecule has 8 aromatic rings. The fraction of sp³-hybridized carbons (Fsp3) is 0.240. The van der Waals surface area contributed by atoms with Crippen LogP contribution in [0.25, 0.3) is 51.1 Å². The van der Waals surface area contributed by atoms with E-state index in [9.17, 15) is 0 Å². The van der Waals surface area contributed by atoms with Gasteiger partial charge in [0.1, 0.15) is 0 Å². The van der Waals surface area contributed by atoms with Gasteiger partial charge in [0.25, 0.3) is 23.6 Å². The summed E-state index contributed by atoms with van der Waals surface area (Å²) in [5, 5.41) is 3.77. The Balaban J connectivity index is 1.43. The van der Waals surface area contributed by atoms with Gasteiger partial charge in [0, 0.05) is 51.1 Å². The number of amides is 4. The summed E-state index contributed by atoms with van der Waals surface area (Å²) >= 11 is 2.93. The van der Waals surface area contributed by atoms with Crippen molar-refractivity contribution >= 4 is 109 Å². The van der Waals surface area contributed by atoms with E-state index in [1.165, 1.54) is 32.5 Å². The number of fused-ring (bicyclic) bond motifs is 10. The molecule has 0 spiro atoms. The van der Waals surface area contributed by atoms with Crippen LogP contribution in [0.1, 0.15) is 143 Å². The lowest BCUT2D eigenvalue weighted by molar-refractivity contribution is 0.0875. The van der Waals surface area contributed by atoms with E-state index < -0.39 is 23.6 Å². The van der Waals surface area contributed by atoms with Gasteiger partial charge in [0.15, 0.2) is 0 Å². The van der Waals surface area contributed by atoms with Crippen molar-refractivity contribution < 1.29 is 19.2 Å². The Morgan fingerprint density at radius 1 is 0.431 bits per heavy atom. The number of hydrogen-bond acceptors (Lipinski definition) is 6. The van der Waals surface area contributed by atoms with E-state index in [0.29, 0.717) is 64.6 Å². The average Bonchev–Trinajstić information content (AvgIpc) is 3.77. The summed E-state index contributed by atoms with van der Waals surface area (Å²) in [6, 6.07) is 28.0. The molecule has 2 aromatic heterocycles. The van der Waals surface area contributed by atoms with E-state index in [1.54, 1.807) is 0 Å². The van der Waals surface area contributed by atoms with Gasteiger partial charge in [0.05, 0.1) is 33.6 Å². The average molecular weight is 799 g/mol. The molecule has 0 saturated heterocycles. The second kappa shape index (κ2) is 12.9. The van der Waals surface area contributed by atoms with E-state index in [0.717, 1.165) is 42.4 Å². The first-order valence-electron chi connectivity index (χ1n) is 20.1. The van der Waals surface area contributed by atoms with Crippen molar-refractivity contribution in [3.63, 3.8) is 0 Å². The molecule has 2 aliphatic heterocycles. The minimum atomic E-state index is -0.443. The Labute approximate surface area is 344 Å². The summed E-state index contributed by atoms with van der Waals surface area (Å²) in [7, 11) is 0. The number of nitrogens with zero attached hydrogens (tertiary/aromatic N) is 2. The summed E-state index contributed by atoms with van der Waals surface area (Å²) in [5.74, 6) is -1.54. The standard InChI is InChI=1S/C50H42N2O4S2/c1-23(2)27-20-21-28(24(3)4)33(22-27)51-47(53)40-36-31-14-9-11-18-34(31)58-46(36)43-39-38(40)42(49(51)55)45-37(32-15-10-12-19-35(32)57-45)41(39)48(54)52(50(43)56)44-29(25(5)6)16-13-17-30(44)26(7)8/h9-26H,1-8H3. The first kappa shape index (κ1) is 36.6. The predicted octanol–water partition coefficient (Wildman–Crippen LogP) is 13.7. The van der Waals surface area contributed by atoms with E-state index in [1.807, 2.05) is 78.9 Å². The highest BCUT2D eigenvalue weighted by Gasteiger charge is 2.47. The number of carbonyl (C=O) groups is 4. The molecular formula is C50H42N2O4S2. The van der Waals surface area contributed by atoms with E-state index in [4.69, 9.17) is 0 Å². The van der Waals surface area contributed by atoms with Gasteiger partial charge in [-0.2, -0.15) is 0 Å². The molecular weight excluding hydrogens is 757 g/mol. The van der Waals surface area contributed by atoms with Gasteiger partial charge in [-0.05, 0) is 64.1 Å². The molecule has 4 heterocycles. The van der Waals surface area contributed by atoms with Crippen LogP contribution < -0.4 is 9.80 Å².